The Morgan fingerprint density at radius 1 is 1.17 bits per heavy atom. The molecule has 0 unspecified atom stereocenters. The number of rotatable bonds is 5. The van der Waals surface area contributed by atoms with Crippen LogP contribution in [0.1, 0.15) is 23.2 Å². The van der Waals surface area contributed by atoms with Crippen LogP contribution in [0.5, 0.6) is 0 Å². The number of carbonyl (C=O) groups is 1. The highest BCUT2D eigenvalue weighted by Gasteiger charge is 2.24. The Bertz CT molecular complexity index is 798. The van der Waals surface area contributed by atoms with Crippen LogP contribution in [-0.4, -0.2) is 37.8 Å². The van der Waals surface area contributed by atoms with E-state index in [1.54, 1.807) is 24.3 Å². The lowest BCUT2D eigenvalue weighted by molar-refractivity contribution is 0.102. The molecule has 1 aromatic heterocycles. The number of hydrogen-bond acceptors (Lipinski definition) is 5. The van der Waals surface area contributed by atoms with Crippen molar-refractivity contribution in [1.82, 2.24) is 4.98 Å². The minimum absolute atomic E-state index is 0.00424. The van der Waals surface area contributed by atoms with E-state index >= 15 is 0 Å². The predicted octanol–water partition coefficient (Wildman–Crippen LogP) is 2.29. The maximum Gasteiger partial charge on any atom is 0.255 e. The molecule has 0 spiro atoms. The minimum atomic E-state index is -3.39. The average molecular weight is 346 g/mol. The van der Waals surface area contributed by atoms with Crippen molar-refractivity contribution in [1.29, 1.82) is 0 Å². The second kappa shape index (κ2) is 7.11. The highest BCUT2D eigenvalue weighted by molar-refractivity contribution is 7.91. The molecular formula is C17H18N2O4S. The van der Waals surface area contributed by atoms with Crippen LogP contribution in [0.15, 0.2) is 53.7 Å². The molecule has 24 heavy (non-hydrogen) atoms. The Balaban J connectivity index is 1.67. The smallest absolute Gasteiger partial charge is 0.255 e. The minimum Gasteiger partial charge on any atom is -0.377 e. The van der Waals surface area contributed by atoms with Gasteiger partial charge in [0.2, 0.25) is 0 Å². The molecule has 1 N–H and O–H groups in total. The molecule has 1 aromatic carbocycles. The number of hydrogen-bond donors (Lipinski definition) is 1. The fraction of sp³-hybridized carbons (Fsp3) is 0.294. The lowest BCUT2D eigenvalue weighted by atomic mass is 10.2. The number of nitrogens with zero attached hydrogens (tertiary/aromatic N) is 1. The van der Waals surface area contributed by atoms with Crippen molar-refractivity contribution >= 4 is 21.4 Å². The predicted molar refractivity (Wildman–Crippen MR) is 89.7 cm³/mol. The van der Waals surface area contributed by atoms with Crippen LogP contribution in [0.4, 0.5) is 5.69 Å². The number of anilines is 1. The summed E-state index contributed by atoms with van der Waals surface area (Å²) < 4.78 is 30.1. The number of nitrogens with one attached hydrogen (secondary N) is 1. The van der Waals surface area contributed by atoms with Gasteiger partial charge in [-0.3, -0.25) is 9.78 Å². The topological polar surface area (TPSA) is 85.4 Å². The lowest BCUT2D eigenvalue weighted by Gasteiger charge is -2.11. The molecular weight excluding hydrogens is 328 g/mol. The summed E-state index contributed by atoms with van der Waals surface area (Å²) >= 11 is 0. The van der Waals surface area contributed by atoms with E-state index in [2.05, 4.69) is 10.3 Å². The molecule has 126 valence electrons. The highest BCUT2D eigenvalue weighted by Crippen LogP contribution is 2.21. The second-order valence-electron chi connectivity index (χ2n) is 5.63. The van der Waals surface area contributed by atoms with Gasteiger partial charge in [0.1, 0.15) is 0 Å². The molecule has 1 atom stereocenters. The summed E-state index contributed by atoms with van der Waals surface area (Å²) in [6.07, 6.45) is 4.53. The zero-order valence-electron chi connectivity index (χ0n) is 13.0. The van der Waals surface area contributed by atoms with Gasteiger partial charge in [-0.05, 0) is 49.2 Å². The van der Waals surface area contributed by atoms with Crippen LogP contribution in [0.3, 0.4) is 0 Å². The van der Waals surface area contributed by atoms with Gasteiger partial charge in [-0.1, -0.05) is 0 Å². The van der Waals surface area contributed by atoms with Crippen molar-refractivity contribution in [3.8, 4) is 0 Å². The number of carbonyl (C=O) groups excluding carboxylic acids is 1. The molecule has 2 heterocycles. The summed E-state index contributed by atoms with van der Waals surface area (Å²) in [6.45, 7) is 0.625. The monoisotopic (exact) mass is 346 g/mol. The van der Waals surface area contributed by atoms with E-state index in [4.69, 9.17) is 4.74 Å². The molecule has 1 aliphatic heterocycles. The molecule has 1 saturated heterocycles. The Labute approximate surface area is 140 Å². The number of ether oxygens (including phenoxy) is 1. The normalized spacial score (nSPS) is 17.6. The van der Waals surface area contributed by atoms with E-state index in [1.165, 1.54) is 24.5 Å². The van der Waals surface area contributed by atoms with E-state index in [0.29, 0.717) is 17.9 Å². The zero-order chi connectivity index (χ0) is 17.0. The summed E-state index contributed by atoms with van der Waals surface area (Å²) in [4.78, 5) is 16.1. The van der Waals surface area contributed by atoms with E-state index in [-0.39, 0.29) is 22.7 Å². The Hall–Kier alpha value is -2.25. The molecule has 0 bridgehead atoms. The quantitative estimate of drug-likeness (QED) is 0.898. The van der Waals surface area contributed by atoms with Crippen LogP contribution in [0, 0.1) is 0 Å². The Morgan fingerprint density at radius 3 is 2.50 bits per heavy atom. The number of benzene rings is 1. The van der Waals surface area contributed by atoms with E-state index < -0.39 is 9.84 Å². The Kier molecular flexibility index (Phi) is 4.92. The summed E-state index contributed by atoms with van der Waals surface area (Å²) in [5.74, 6) is -0.275. The highest BCUT2D eigenvalue weighted by atomic mass is 32.2. The van der Waals surface area contributed by atoms with Crippen LogP contribution in [0.25, 0.3) is 0 Å². The Morgan fingerprint density at radius 2 is 1.88 bits per heavy atom. The van der Waals surface area contributed by atoms with Gasteiger partial charge < -0.3 is 10.1 Å². The fourth-order valence-corrected chi connectivity index (χ4v) is 4.06. The van der Waals surface area contributed by atoms with Gasteiger partial charge in [0.15, 0.2) is 9.84 Å². The number of sulfone groups is 1. The summed E-state index contributed by atoms with van der Waals surface area (Å²) in [5.41, 5.74) is 1.02. The van der Waals surface area contributed by atoms with Crippen molar-refractivity contribution in [2.75, 3.05) is 17.7 Å². The summed E-state index contributed by atoms with van der Waals surface area (Å²) in [7, 11) is -3.39. The van der Waals surface area contributed by atoms with Crippen molar-refractivity contribution in [3.63, 3.8) is 0 Å². The second-order valence-corrected chi connectivity index (χ2v) is 7.67. The van der Waals surface area contributed by atoms with Crippen molar-refractivity contribution in [2.24, 2.45) is 0 Å². The van der Waals surface area contributed by atoms with Gasteiger partial charge in [0, 0.05) is 30.3 Å². The molecule has 2 aromatic rings. The SMILES string of the molecule is O=C(Nc1ccc(S(=O)(=O)C[C@@H]2CCCO2)cc1)c1ccncc1. The average Bonchev–Trinajstić information content (AvgIpc) is 3.08. The fourth-order valence-electron chi connectivity index (χ4n) is 2.57. The van der Waals surface area contributed by atoms with Crippen LogP contribution >= 0.6 is 0 Å². The van der Waals surface area contributed by atoms with Gasteiger partial charge >= 0.3 is 0 Å². The molecule has 0 saturated carbocycles. The van der Waals surface area contributed by atoms with Crippen LogP contribution in [-0.2, 0) is 14.6 Å². The maximum atomic E-state index is 12.4. The first-order valence-electron chi connectivity index (χ1n) is 7.70. The van der Waals surface area contributed by atoms with Crippen molar-refractivity contribution in [3.05, 3.63) is 54.4 Å². The van der Waals surface area contributed by atoms with Gasteiger partial charge in [0.05, 0.1) is 16.8 Å². The summed E-state index contributed by atoms with van der Waals surface area (Å²) in [6, 6.07) is 9.40. The lowest BCUT2D eigenvalue weighted by Crippen LogP contribution is -2.20. The molecule has 1 fully saturated rings. The zero-order valence-corrected chi connectivity index (χ0v) is 13.8. The molecule has 0 radical (unpaired) electrons. The first kappa shape index (κ1) is 16.6. The molecule has 0 aliphatic carbocycles. The molecule has 1 amide bonds. The van der Waals surface area contributed by atoms with Gasteiger partial charge in [0.25, 0.3) is 5.91 Å². The number of pyridine rings is 1. The van der Waals surface area contributed by atoms with E-state index in [0.717, 1.165) is 12.8 Å². The standard InChI is InChI=1S/C17H18N2O4S/c20-17(13-7-9-18-10-8-13)19-14-3-5-16(6-4-14)24(21,22)12-15-2-1-11-23-15/h3-10,15H,1-2,11-12H2,(H,19,20)/t15-/m0/s1. The van der Waals surface area contributed by atoms with Gasteiger partial charge in [-0.2, -0.15) is 0 Å². The molecule has 6 nitrogen and oxygen atoms in total. The largest absolute Gasteiger partial charge is 0.377 e. The van der Waals surface area contributed by atoms with Crippen molar-refractivity contribution in [2.45, 2.75) is 23.8 Å². The first-order chi connectivity index (χ1) is 11.5. The number of amides is 1. The maximum absolute atomic E-state index is 12.4. The van der Waals surface area contributed by atoms with E-state index in [9.17, 15) is 13.2 Å². The van der Waals surface area contributed by atoms with Crippen LogP contribution in [0.2, 0.25) is 0 Å². The van der Waals surface area contributed by atoms with E-state index in [1.807, 2.05) is 0 Å². The third-order valence-corrected chi connectivity index (χ3v) is 5.64. The third kappa shape index (κ3) is 3.98. The van der Waals surface area contributed by atoms with Crippen LogP contribution < -0.4 is 5.32 Å². The first-order valence-corrected chi connectivity index (χ1v) is 9.36. The summed E-state index contributed by atoms with van der Waals surface area (Å²) in [5, 5.41) is 2.72. The number of aromatic nitrogens is 1. The van der Waals surface area contributed by atoms with Gasteiger partial charge in [-0.25, -0.2) is 8.42 Å². The molecule has 1 aliphatic rings. The third-order valence-electron chi connectivity index (χ3n) is 3.84. The molecule has 7 heteroatoms. The van der Waals surface area contributed by atoms with Gasteiger partial charge in [-0.15, -0.1) is 0 Å². The van der Waals surface area contributed by atoms with Crippen molar-refractivity contribution < 1.29 is 17.9 Å². The molecule has 3 rings (SSSR count).